The van der Waals surface area contributed by atoms with Crippen molar-refractivity contribution in [1.29, 1.82) is 0 Å². The highest BCUT2D eigenvalue weighted by atomic mass is 14.8. The Morgan fingerprint density at radius 3 is 1.88 bits per heavy atom. The van der Waals surface area contributed by atoms with E-state index in [-0.39, 0.29) is 0 Å². The van der Waals surface area contributed by atoms with Crippen LogP contribution in [0.1, 0.15) is 74.1 Å². The van der Waals surface area contributed by atoms with Crippen LogP contribution in [0.5, 0.6) is 0 Å². The average Bonchev–Trinajstić information content (AvgIpc) is 2.59. The highest BCUT2D eigenvalue weighted by Gasteiger charge is 2.14. The summed E-state index contributed by atoms with van der Waals surface area (Å²) < 4.78 is 0. The van der Waals surface area contributed by atoms with E-state index < -0.39 is 0 Å². The van der Waals surface area contributed by atoms with E-state index in [4.69, 9.17) is 0 Å². The molecule has 2 rings (SSSR count). The maximum atomic E-state index is 3.31. The van der Waals surface area contributed by atoms with E-state index in [0.29, 0.717) is 17.8 Å². The summed E-state index contributed by atoms with van der Waals surface area (Å²) >= 11 is 0. The van der Waals surface area contributed by atoms with E-state index in [9.17, 15) is 0 Å². The van der Waals surface area contributed by atoms with Crippen LogP contribution in [0.15, 0.2) is 48.5 Å². The summed E-state index contributed by atoms with van der Waals surface area (Å²) in [6.07, 6.45) is 2.29. The van der Waals surface area contributed by atoms with Crippen molar-refractivity contribution in [3.8, 4) is 0 Å². The minimum atomic E-state index is 0.570. The summed E-state index contributed by atoms with van der Waals surface area (Å²) in [6.45, 7) is 10.2. The van der Waals surface area contributed by atoms with Gasteiger partial charge in [-0.3, -0.25) is 0 Å². The third-order valence-electron chi connectivity index (χ3n) is 4.87. The zero-order valence-corrected chi connectivity index (χ0v) is 16.0. The molecule has 0 aliphatic carbocycles. The summed E-state index contributed by atoms with van der Waals surface area (Å²) in [5, 5.41) is 3.31. The third-order valence-corrected chi connectivity index (χ3v) is 4.87. The SMILES string of the molecule is CNCCC(Cc1cc(C(C)C)cc(C(C)C)c1)c1ccccc1. The van der Waals surface area contributed by atoms with E-state index in [0.717, 1.165) is 13.0 Å². The van der Waals surface area contributed by atoms with Crippen LogP contribution in [0.25, 0.3) is 0 Å². The van der Waals surface area contributed by atoms with Gasteiger partial charge in [0.2, 0.25) is 0 Å². The van der Waals surface area contributed by atoms with Gasteiger partial charge in [0.15, 0.2) is 0 Å². The zero-order chi connectivity index (χ0) is 17.5. The Bertz CT molecular complexity index is 587. The molecule has 0 saturated heterocycles. The molecule has 0 bridgehead atoms. The molecule has 2 aromatic rings. The lowest BCUT2D eigenvalue weighted by molar-refractivity contribution is 0.592. The van der Waals surface area contributed by atoms with E-state index in [1.54, 1.807) is 0 Å². The Morgan fingerprint density at radius 2 is 1.38 bits per heavy atom. The Labute approximate surface area is 148 Å². The van der Waals surface area contributed by atoms with E-state index in [2.05, 4.69) is 81.5 Å². The third kappa shape index (κ3) is 5.21. The molecule has 0 radical (unpaired) electrons. The second-order valence-corrected chi connectivity index (χ2v) is 7.52. The van der Waals surface area contributed by atoms with Crippen molar-refractivity contribution < 1.29 is 0 Å². The Hall–Kier alpha value is -1.60. The first-order chi connectivity index (χ1) is 11.5. The number of nitrogens with one attached hydrogen (secondary N) is 1. The highest BCUT2D eigenvalue weighted by molar-refractivity contribution is 5.35. The van der Waals surface area contributed by atoms with Gasteiger partial charge in [-0.05, 0) is 66.4 Å². The van der Waals surface area contributed by atoms with E-state index in [1.807, 2.05) is 7.05 Å². The summed E-state index contributed by atoms with van der Waals surface area (Å²) in [5.74, 6) is 1.73. The Kier molecular flexibility index (Phi) is 7.05. The second kappa shape index (κ2) is 9.03. The Morgan fingerprint density at radius 1 is 0.792 bits per heavy atom. The van der Waals surface area contributed by atoms with Gasteiger partial charge in [0.25, 0.3) is 0 Å². The van der Waals surface area contributed by atoms with Crippen LogP contribution in [-0.4, -0.2) is 13.6 Å². The highest BCUT2D eigenvalue weighted by Crippen LogP contribution is 2.28. The fourth-order valence-corrected chi connectivity index (χ4v) is 3.24. The monoisotopic (exact) mass is 323 g/mol. The summed E-state index contributed by atoms with van der Waals surface area (Å²) in [4.78, 5) is 0. The van der Waals surface area contributed by atoms with Crippen molar-refractivity contribution in [3.05, 3.63) is 70.8 Å². The van der Waals surface area contributed by atoms with Gasteiger partial charge in [-0.25, -0.2) is 0 Å². The molecule has 0 aliphatic heterocycles. The molecule has 1 atom stereocenters. The minimum absolute atomic E-state index is 0.570. The molecular weight excluding hydrogens is 290 g/mol. The van der Waals surface area contributed by atoms with Crippen molar-refractivity contribution >= 4 is 0 Å². The lowest BCUT2D eigenvalue weighted by Gasteiger charge is -2.20. The van der Waals surface area contributed by atoms with Crippen LogP contribution in [0.2, 0.25) is 0 Å². The first-order valence-electron chi connectivity index (χ1n) is 9.34. The number of hydrogen-bond donors (Lipinski definition) is 1. The molecule has 24 heavy (non-hydrogen) atoms. The van der Waals surface area contributed by atoms with Gasteiger partial charge < -0.3 is 5.32 Å². The molecule has 0 aromatic heterocycles. The first-order valence-corrected chi connectivity index (χ1v) is 9.34. The molecule has 0 fully saturated rings. The molecule has 1 unspecified atom stereocenters. The molecule has 0 amide bonds. The molecule has 2 aromatic carbocycles. The molecule has 0 aliphatic rings. The van der Waals surface area contributed by atoms with Crippen LogP contribution in [0.4, 0.5) is 0 Å². The van der Waals surface area contributed by atoms with E-state index >= 15 is 0 Å². The molecular formula is C23H33N. The van der Waals surface area contributed by atoms with Gasteiger partial charge in [-0.1, -0.05) is 76.2 Å². The topological polar surface area (TPSA) is 12.0 Å². The van der Waals surface area contributed by atoms with Gasteiger partial charge in [-0.2, -0.15) is 0 Å². The molecule has 1 nitrogen and oxygen atoms in total. The maximum absolute atomic E-state index is 3.31. The van der Waals surface area contributed by atoms with Crippen LogP contribution >= 0.6 is 0 Å². The van der Waals surface area contributed by atoms with Gasteiger partial charge >= 0.3 is 0 Å². The minimum Gasteiger partial charge on any atom is -0.320 e. The van der Waals surface area contributed by atoms with Crippen molar-refractivity contribution in [1.82, 2.24) is 5.32 Å². The summed E-state index contributed by atoms with van der Waals surface area (Å²) in [5.41, 5.74) is 5.87. The predicted octanol–water partition coefficient (Wildman–Crippen LogP) is 5.87. The lowest BCUT2D eigenvalue weighted by atomic mass is 9.86. The van der Waals surface area contributed by atoms with Gasteiger partial charge in [0.05, 0.1) is 0 Å². The zero-order valence-electron chi connectivity index (χ0n) is 16.0. The normalized spacial score (nSPS) is 12.8. The average molecular weight is 324 g/mol. The Balaban J connectivity index is 2.30. The fourth-order valence-electron chi connectivity index (χ4n) is 3.24. The van der Waals surface area contributed by atoms with Gasteiger partial charge in [-0.15, -0.1) is 0 Å². The smallest absolute Gasteiger partial charge is 0.00460 e. The van der Waals surface area contributed by atoms with Crippen molar-refractivity contribution in [2.75, 3.05) is 13.6 Å². The standard InChI is InChI=1S/C23H33N/c1-17(2)22-14-19(15-23(16-22)18(3)4)13-21(11-12-24-5)20-9-7-6-8-10-20/h6-10,14-18,21,24H,11-13H2,1-5H3. The number of rotatable bonds is 8. The molecule has 0 saturated carbocycles. The first kappa shape index (κ1) is 18.7. The largest absolute Gasteiger partial charge is 0.320 e. The predicted molar refractivity (Wildman–Crippen MR) is 106 cm³/mol. The second-order valence-electron chi connectivity index (χ2n) is 7.52. The van der Waals surface area contributed by atoms with Crippen molar-refractivity contribution in [3.63, 3.8) is 0 Å². The van der Waals surface area contributed by atoms with Gasteiger partial charge in [0.1, 0.15) is 0 Å². The van der Waals surface area contributed by atoms with Crippen molar-refractivity contribution in [2.45, 2.75) is 58.3 Å². The molecule has 130 valence electrons. The molecule has 1 N–H and O–H groups in total. The lowest BCUT2D eigenvalue weighted by Crippen LogP contribution is -2.14. The number of benzene rings is 2. The summed E-state index contributed by atoms with van der Waals surface area (Å²) in [6, 6.07) is 18.2. The van der Waals surface area contributed by atoms with Crippen LogP contribution in [-0.2, 0) is 6.42 Å². The van der Waals surface area contributed by atoms with Crippen LogP contribution in [0, 0.1) is 0 Å². The molecule has 0 spiro atoms. The van der Waals surface area contributed by atoms with Crippen LogP contribution in [0.3, 0.4) is 0 Å². The van der Waals surface area contributed by atoms with Gasteiger partial charge in [0, 0.05) is 0 Å². The van der Waals surface area contributed by atoms with E-state index in [1.165, 1.54) is 28.7 Å². The quantitative estimate of drug-likeness (QED) is 0.640. The molecule has 1 heteroatoms. The van der Waals surface area contributed by atoms with Crippen molar-refractivity contribution in [2.24, 2.45) is 0 Å². The summed E-state index contributed by atoms with van der Waals surface area (Å²) in [7, 11) is 2.04. The maximum Gasteiger partial charge on any atom is -0.00460 e. The van der Waals surface area contributed by atoms with Crippen LogP contribution < -0.4 is 5.32 Å². The fraction of sp³-hybridized carbons (Fsp3) is 0.478. The number of hydrogen-bond acceptors (Lipinski definition) is 1. The molecule has 0 heterocycles.